The van der Waals surface area contributed by atoms with Gasteiger partial charge in [-0.3, -0.25) is 9.13 Å². The van der Waals surface area contributed by atoms with Crippen LogP contribution in [-0.4, -0.2) is 57.3 Å². The first kappa shape index (κ1) is 32.4. The van der Waals surface area contributed by atoms with Crippen LogP contribution in [0.25, 0.3) is 42.9 Å². The first-order valence-corrected chi connectivity index (χ1v) is 17.0. The van der Waals surface area contributed by atoms with Gasteiger partial charge in [-0.05, 0) is 115 Å². The minimum atomic E-state index is -0.940. The van der Waals surface area contributed by atoms with Crippen molar-refractivity contribution in [3.63, 3.8) is 0 Å². The molecule has 8 nitrogen and oxygen atoms in total. The fraction of sp³-hybridized carbons (Fsp3) is 0.417. The summed E-state index contributed by atoms with van der Waals surface area (Å²) in [5, 5.41) is 1.46. The zero-order valence-corrected chi connectivity index (χ0v) is 29.1. The topological polar surface area (TPSA) is 78.6 Å². The minimum Gasteiger partial charge on any atom is -0.464 e. The van der Waals surface area contributed by atoms with E-state index in [2.05, 4.69) is 18.0 Å². The van der Waals surface area contributed by atoms with Crippen LogP contribution in [0.5, 0.6) is 0 Å². The number of ether oxygens (including phenoxy) is 2. The van der Waals surface area contributed by atoms with Crippen LogP contribution >= 0.6 is 22.9 Å². The highest BCUT2D eigenvalue weighted by Crippen LogP contribution is 2.45. The van der Waals surface area contributed by atoms with Crippen LogP contribution in [0.15, 0.2) is 53.3 Å². The van der Waals surface area contributed by atoms with Gasteiger partial charge in [0, 0.05) is 34.8 Å². The lowest BCUT2D eigenvalue weighted by molar-refractivity contribution is -0.166. The lowest BCUT2D eigenvalue weighted by Gasteiger charge is -2.29. The Hall–Kier alpha value is -3.50. The quantitative estimate of drug-likeness (QED) is 0.165. The number of thiazole rings is 1. The lowest BCUT2D eigenvalue weighted by Crippen LogP contribution is -2.35. The SMILES string of the molecule is CCOC(=O)[C@@H](OC(C)(C)C)c1c(C)cc2nc(-c3ccc4c(c3)n(C3CCN(C)CC3)c(=O)n4C)sc2c1-c1ccc(Cl)cc1. The van der Waals surface area contributed by atoms with Crippen molar-refractivity contribution in [2.24, 2.45) is 7.05 Å². The first-order chi connectivity index (χ1) is 21.9. The molecule has 1 fully saturated rings. The lowest BCUT2D eigenvalue weighted by atomic mass is 9.91. The smallest absolute Gasteiger partial charge is 0.339 e. The van der Waals surface area contributed by atoms with Crippen LogP contribution in [0.1, 0.15) is 63.8 Å². The molecular weight excluding hydrogens is 620 g/mol. The molecule has 1 saturated heterocycles. The Morgan fingerprint density at radius 3 is 2.37 bits per heavy atom. The fourth-order valence-corrected chi connectivity index (χ4v) is 7.73. The molecule has 0 saturated carbocycles. The molecule has 6 rings (SSSR count). The largest absolute Gasteiger partial charge is 0.464 e. The second-order valence-corrected chi connectivity index (χ2v) is 14.6. The maximum Gasteiger partial charge on any atom is 0.339 e. The predicted octanol–water partition coefficient (Wildman–Crippen LogP) is 7.93. The average molecular weight is 661 g/mol. The van der Waals surface area contributed by atoms with E-state index in [1.54, 1.807) is 22.8 Å². The van der Waals surface area contributed by atoms with Crippen molar-refractivity contribution in [3.8, 4) is 21.7 Å². The van der Waals surface area contributed by atoms with E-state index in [9.17, 15) is 9.59 Å². The van der Waals surface area contributed by atoms with Crippen molar-refractivity contribution >= 4 is 50.2 Å². The van der Waals surface area contributed by atoms with E-state index in [-0.39, 0.29) is 18.3 Å². The van der Waals surface area contributed by atoms with E-state index < -0.39 is 17.7 Å². The second kappa shape index (κ2) is 12.6. The third-order valence-corrected chi connectivity index (χ3v) is 10.1. The van der Waals surface area contributed by atoms with Gasteiger partial charge >= 0.3 is 11.7 Å². The number of aromatic nitrogens is 3. The van der Waals surface area contributed by atoms with E-state index in [0.29, 0.717) is 5.02 Å². The fourth-order valence-electron chi connectivity index (χ4n) is 6.48. The Balaban J connectivity index is 1.56. The van der Waals surface area contributed by atoms with Gasteiger partial charge in [-0.1, -0.05) is 23.7 Å². The number of imidazole rings is 1. The Morgan fingerprint density at radius 1 is 1.04 bits per heavy atom. The van der Waals surface area contributed by atoms with Crippen molar-refractivity contribution in [2.45, 2.75) is 65.2 Å². The van der Waals surface area contributed by atoms with E-state index in [4.69, 9.17) is 26.1 Å². The zero-order chi connectivity index (χ0) is 32.9. The molecule has 1 atom stereocenters. The van der Waals surface area contributed by atoms with Gasteiger partial charge in [-0.15, -0.1) is 11.3 Å². The molecule has 0 N–H and O–H groups in total. The van der Waals surface area contributed by atoms with Gasteiger partial charge in [0.2, 0.25) is 0 Å². The molecular formula is C36H41ClN4O4S. The van der Waals surface area contributed by atoms with Crippen LogP contribution in [0.3, 0.4) is 0 Å². The normalized spacial score (nSPS) is 15.6. The van der Waals surface area contributed by atoms with Gasteiger partial charge < -0.3 is 14.4 Å². The molecule has 3 aromatic carbocycles. The molecule has 3 heterocycles. The summed E-state index contributed by atoms with van der Waals surface area (Å²) >= 11 is 7.88. The molecule has 10 heteroatoms. The molecule has 0 bridgehead atoms. The van der Waals surface area contributed by atoms with Gasteiger partial charge in [0.05, 0.1) is 33.5 Å². The highest BCUT2D eigenvalue weighted by molar-refractivity contribution is 7.22. The summed E-state index contributed by atoms with van der Waals surface area (Å²) in [4.78, 5) is 34.4. The average Bonchev–Trinajstić information content (AvgIpc) is 3.54. The van der Waals surface area contributed by atoms with E-state index in [0.717, 1.165) is 80.0 Å². The molecule has 5 aromatic rings. The summed E-state index contributed by atoms with van der Waals surface area (Å²) in [6.07, 6.45) is 0.933. The molecule has 0 spiro atoms. The third-order valence-electron chi connectivity index (χ3n) is 8.68. The monoisotopic (exact) mass is 660 g/mol. The van der Waals surface area contributed by atoms with Gasteiger partial charge in [0.15, 0.2) is 6.10 Å². The van der Waals surface area contributed by atoms with Gasteiger partial charge in [0.1, 0.15) is 5.01 Å². The van der Waals surface area contributed by atoms with Crippen LogP contribution < -0.4 is 5.69 Å². The molecule has 1 aliphatic rings. The van der Waals surface area contributed by atoms with Crippen molar-refractivity contribution < 1.29 is 14.3 Å². The summed E-state index contributed by atoms with van der Waals surface area (Å²) in [6.45, 7) is 11.8. The summed E-state index contributed by atoms with van der Waals surface area (Å²) in [5.74, 6) is -0.429. The number of hydrogen-bond donors (Lipinski definition) is 0. The molecule has 0 amide bonds. The number of piperidine rings is 1. The molecule has 1 aliphatic heterocycles. The molecule has 0 radical (unpaired) electrons. The number of hydrogen-bond acceptors (Lipinski definition) is 7. The molecule has 0 aliphatic carbocycles. The Bertz CT molecular complexity index is 1980. The predicted molar refractivity (Wildman–Crippen MR) is 187 cm³/mol. The number of benzene rings is 3. The number of esters is 1. The summed E-state index contributed by atoms with van der Waals surface area (Å²) < 4.78 is 16.6. The molecule has 0 unspecified atom stereocenters. The zero-order valence-electron chi connectivity index (χ0n) is 27.5. The van der Waals surface area contributed by atoms with Gasteiger partial charge in [0.25, 0.3) is 0 Å². The maximum absolute atomic E-state index is 13.5. The number of fused-ring (bicyclic) bond motifs is 2. The highest BCUT2D eigenvalue weighted by atomic mass is 35.5. The van der Waals surface area contributed by atoms with Crippen LogP contribution in [0.4, 0.5) is 0 Å². The number of carbonyl (C=O) groups excluding carboxylic acids is 1. The number of nitrogens with zero attached hydrogens (tertiary/aromatic N) is 4. The summed E-state index contributed by atoms with van der Waals surface area (Å²) in [5.41, 5.74) is 6.43. The van der Waals surface area contributed by atoms with E-state index in [1.165, 1.54) is 0 Å². The highest BCUT2D eigenvalue weighted by Gasteiger charge is 2.34. The van der Waals surface area contributed by atoms with Crippen LogP contribution in [-0.2, 0) is 21.3 Å². The van der Waals surface area contributed by atoms with E-state index in [1.807, 2.05) is 81.8 Å². The number of halogens is 1. The minimum absolute atomic E-state index is 0.0140. The van der Waals surface area contributed by atoms with Gasteiger partial charge in [-0.25, -0.2) is 14.6 Å². The Labute approximate surface area is 278 Å². The first-order valence-electron chi connectivity index (χ1n) is 15.8. The molecule has 2 aromatic heterocycles. The number of aryl methyl sites for hydroxylation is 2. The van der Waals surface area contributed by atoms with Gasteiger partial charge in [-0.2, -0.15) is 0 Å². The van der Waals surface area contributed by atoms with Crippen LogP contribution in [0, 0.1) is 6.92 Å². The standard InChI is InChI=1S/C36H41ClN4O4S/c1-8-44-34(42)31(45-36(3,4)5)29-21(2)19-26-32(30(29)22-9-12-24(37)13-10-22)46-33(38-26)23-11-14-27-28(20-23)41(35(43)40(27)7)25-15-17-39(6)18-16-25/h9-14,19-20,25,31H,8,15-18H2,1-7H3/t31-/m0/s1. The number of likely N-dealkylation sites (tertiary alicyclic amines) is 1. The Morgan fingerprint density at radius 2 is 1.72 bits per heavy atom. The van der Waals surface area contributed by atoms with Crippen LogP contribution in [0.2, 0.25) is 5.02 Å². The number of carbonyl (C=O) groups is 1. The summed E-state index contributed by atoms with van der Waals surface area (Å²) in [7, 11) is 3.97. The van der Waals surface area contributed by atoms with Crippen molar-refractivity contribution in [3.05, 3.63) is 75.2 Å². The second-order valence-electron chi connectivity index (χ2n) is 13.2. The van der Waals surface area contributed by atoms with Crippen molar-refractivity contribution in [1.29, 1.82) is 0 Å². The maximum atomic E-state index is 13.5. The number of rotatable bonds is 7. The van der Waals surface area contributed by atoms with Crippen molar-refractivity contribution in [2.75, 3.05) is 26.7 Å². The molecule has 46 heavy (non-hydrogen) atoms. The molecule has 242 valence electrons. The van der Waals surface area contributed by atoms with E-state index >= 15 is 0 Å². The Kier molecular flexibility index (Phi) is 8.89. The summed E-state index contributed by atoms with van der Waals surface area (Å²) in [6, 6.07) is 16.0. The third kappa shape index (κ3) is 6.13. The van der Waals surface area contributed by atoms with Crippen molar-refractivity contribution in [1.82, 2.24) is 19.0 Å².